The van der Waals surface area contributed by atoms with E-state index in [1.807, 2.05) is 32.0 Å². The van der Waals surface area contributed by atoms with E-state index in [1.54, 1.807) is 0 Å². The molecule has 1 aromatic carbocycles. The van der Waals surface area contributed by atoms with E-state index in [2.05, 4.69) is 5.32 Å². The summed E-state index contributed by atoms with van der Waals surface area (Å²) in [7, 11) is 0. The number of hydrogen-bond acceptors (Lipinski definition) is 2. The van der Waals surface area contributed by atoms with Crippen LogP contribution < -0.4 is 11.1 Å². The third-order valence-corrected chi connectivity index (χ3v) is 4.28. The van der Waals surface area contributed by atoms with Gasteiger partial charge in [0.05, 0.1) is 0 Å². The molecular weight excluding hydrogens is 236 g/mol. The molecule has 0 bridgehead atoms. The average molecular weight is 260 g/mol. The normalized spacial score (nSPS) is 23.1. The first-order chi connectivity index (χ1) is 9.13. The molecule has 3 heteroatoms. The Bertz CT molecular complexity index is 436. The van der Waals surface area contributed by atoms with Crippen LogP contribution >= 0.6 is 0 Å². The molecule has 0 radical (unpaired) electrons. The van der Waals surface area contributed by atoms with E-state index in [0.717, 1.165) is 36.1 Å². The summed E-state index contributed by atoms with van der Waals surface area (Å²) in [6.45, 7) is 4.68. The van der Waals surface area contributed by atoms with Crippen LogP contribution in [-0.4, -0.2) is 12.5 Å². The highest BCUT2D eigenvalue weighted by Crippen LogP contribution is 2.31. The van der Waals surface area contributed by atoms with E-state index in [9.17, 15) is 4.79 Å². The number of rotatable bonds is 3. The Balaban J connectivity index is 2.12. The van der Waals surface area contributed by atoms with E-state index in [0.29, 0.717) is 12.5 Å². The maximum Gasteiger partial charge on any atom is 0.227 e. The molecule has 2 atom stereocenters. The van der Waals surface area contributed by atoms with Crippen molar-refractivity contribution in [1.82, 2.24) is 0 Å². The Kier molecular flexibility index (Phi) is 4.59. The Morgan fingerprint density at radius 3 is 2.53 bits per heavy atom. The third kappa shape index (κ3) is 3.16. The van der Waals surface area contributed by atoms with Crippen molar-refractivity contribution in [2.75, 3.05) is 11.9 Å². The lowest BCUT2D eigenvalue weighted by Gasteiger charge is -2.30. The van der Waals surface area contributed by atoms with Gasteiger partial charge in [-0.25, -0.2) is 0 Å². The molecule has 0 aliphatic heterocycles. The number of carbonyl (C=O) groups is 1. The number of anilines is 1. The fourth-order valence-corrected chi connectivity index (χ4v) is 3.06. The number of nitrogens with one attached hydrogen (secondary N) is 1. The van der Waals surface area contributed by atoms with Gasteiger partial charge in [0.2, 0.25) is 5.91 Å². The summed E-state index contributed by atoms with van der Waals surface area (Å²) < 4.78 is 0. The summed E-state index contributed by atoms with van der Waals surface area (Å²) >= 11 is 0. The molecule has 1 amide bonds. The fourth-order valence-electron chi connectivity index (χ4n) is 3.06. The van der Waals surface area contributed by atoms with Crippen LogP contribution in [0.1, 0.15) is 36.8 Å². The molecular formula is C16H24N2O. The number of carbonyl (C=O) groups excluding carboxylic acids is 1. The van der Waals surface area contributed by atoms with Crippen LogP contribution in [0.15, 0.2) is 18.2 Å². The number of aryl methyl sites for hydroxylation is 2. The molecule has 1 fully saturated rings. The maximum absolute atomic E-state index is 12.5. The van der Waals surface area contributed by atoms with Crippen LogP contribution in [0.25, 0.3) is 0 Å². The van der Waals surface area contributed by atoms with Crippen molar-refractivity contribution >= 4 is 11.6 Å². The summed E-state index contributed by atoms with van der Waals surface area (Å²) in [6.07, 6.45) is 4.40. The first-order valence-corrected chi connectivity index (χ1v) is 7.20. The lowest BCUT2D eigenvalue weighted by atomic mass is 9.78. The van der Waals surface area contributed by atoms with E-state index in [-0.39, 0.29) is 11.8 Å². The highest BCUT2D eigenvalue weighted by Gasteiger charge is 2.30. The second kappa shape index (κ2) is 6.20. The minimum atomic E-state index is 0.0813. The number of amides is 1. The van der Waals surface area contributed by atoms with Crippen molar-refractivity contribution in [3.63, 3.8) is 0 Å². The van der Waals surface area contributed by atoms with Crippen LogP contribution in [-0.2, 0) is 4.79 Å². The Labute approximate surface area is 115 Å². The molecule has 2 rings (SSSR count). The predicted molar refractivity (Wildman–Crippen MR) is 79.0 cm³/mol. The zero-order valence-electron chi connectivity index (χ0n) is 11.9. The van der Waals surface area contributed by atoms with Crippen LogP contribution in [0.2, 0.25) is 0 Å². The minimum Gasteiger partial charge on any atom is -0.330 e. The molecule has 19 heavy (non-hydrogen) atoms. The summed E-state index contributed by atoms with van der Waals surface area (Å²) in [5, 5.41) is 3.12. The highest BCUT2D eigenvalue weighted by atomic mass is 16.1. The molecule has 2 unspecified atom stereocenters. The number of nitrogens with two attached hydrogens (primary N) is 1. The van der Waals surface area contributed by atoms with E-state index in [1.165, 1.54) is 6.42 Å². The van der Waals surface area contributed by atoms with Gasteiger partial charge in [0, 0.05) is 11.6 Å². The smallest absolute Gasteiger partial charge is 0.227 e. The van der Waals surface area contributed by atoms with Crippen molar-refractivity contribution in [1.29, 1.82) is 0 Å². The SMILES string of the molecule is Cc1cccc(C)c1NC(=O)C1CCCCC1CN. The second-order valence-electron chi connectivity index (χ2n) is 5.64. The summed E-state index contributed by atoms with van der Waals surface area (Å²) in [6, 6.07) is 6.08. The zero-order chi connectivity index (χ0) is 13.8. The van der Waals surface area contributed by atoms with E-state index < -0.39 is 0 Å². The quantitative estimate of drug-likeness (QED) is 0.877. The van der Waals surface area contributed by atoms with Crippen molar-refractivity contribution < 1.29 is 4.79 Å². The van der Waals surface area contributed by atoms with Crippen LogP contribution in [0, 0.1) is 25.7 Å². The molecule has 1 aliphatic carbocycles. The van der Waals surface area contributed by atoms with Gasteiger partial charge in [-0.2, -0.15) is 0 Å². The van der Waals surface area contributed by atoms with Gasteiger partial charge in [0.25, 0.3) is 0 Å². The number of hydrogen-bond donors (Lipinski definition) is 2. The van der Waals surface area contributed by atoms with Crippen LogP contribution in [0.3, 0.4) is 0 Å². The molecule has 0 aromatic heterocycles. The van der Waals surface area contributed by atoms with Gasteiger partial charge in [-0.3, -0.25) is 4.79 Å². The van der Waals surface area contributed by atoms with Gasteiger partial charge in [0.1, 0.15) is 0 Å². The van der Waals surface area contributed by atoms with Gasteiger partial charge in [-0.15, -0.1) is 0 Å². The third-order valence-electron chi connectivity index (χ3n) is 4.28. The highest BCUT2D eigenvalue weighted by molar-refractivity contribution is 5.94. The van der Waals surface area contributed by atoms with Gasteiger partial charge in [-0.05, 0) is 50.3 Å². The number of benzene rings is 1. The van der Waals surface area contributed by atoms with Crippen LogP contribution in [0.5, 0.6) is 0 Å². The first-order valence-electron chi connectivity index (χ1n) is 7.20. The van der Waals surface area contributed by atoms with Crippen molar-refractivity contribution in [3.8, 4) is 0 Å². The predicted octanol–water partition coefficient (Wildman–Crippen LogP) is 3.01. The van der Waals surface area contributed by atoms with Gasteiger partial charge < -0.3 is 11.1 Å². The van der Waals surface area contributed by atoms with Gasteiger partial charge in [-0.1, -0.05) is 31.0 Å². The number of para-hydroxylation sites is 1. The largest absolute Gasteiger partial charge is 0.330 e. The summed E-state index contributed by atoms with van der Waals surface area (Å²) in [5.41, 5.74) is 9.01. The summed E-state index contributed by atoms with van der Waals surface area (Å²) in [4.78, 5) is 12.5. The lowest BCUT2D eigenvalue weighted by molar-refractivity contribution is -0.122. The lowest BCUT2D eigenvalue weighted by Crippen LogP contribution is -2.35. The molecule has 0 heterocycles. The van der Waals surface area contributed by atoms with Gasteiger partial charge in [0.15, 0.2) is 0 Å². The van der Waals surface area contributed by atoms with Crippen molar-refractivity contribution in [2.24, 2.45) is 17.6 Å². The Hall–Kier alpha value is -1.35. The minimum absolute atomic E-state index is 0.0813. The van der Waals surface area contributed by atoms with Crippen LogP contribution in [0.4, 0.5) is 5.69 Å². The van der Waals surface area contributed by atoms with E-state index in [4.69, 9.17) is 5.73 Å². The fraction of sp³-hybridized carbons (Fsp3) is 0.562. The second-order valence-corrected chi connectivity index (χ2v) is 5.64. The Morgan fingerprint density at radius 2 is 1.89 bits per heavy atom. The molecule has 0 spiro atoms. The first kappa shape index (κ1) is 14.1. The molecule has 104 valence electrons. The summed E-state index contributed by atoms with van der Waals surface area (Å²) in [5.74, 6) is 0.573. The van der Waals surface area contributed by atoms with E-state index >= 15 is 0 Å². The maximum atomic E-state index is 12.5. The molecule has 1 saturated carbocycles. The molecule has 1 aliphatic rings. The Morgan fingerprint density at radius 1 is 1.26 bits per heavy atom. The van der Waals surface area contributed by atoms with Crippen molar-refractivity contribution in [2.45, 2.75) is 39.5 Å². The molecule has 3 nitrogen and oxygen atoms in total. The monoisotopic (exact) mass is 260 g/mol. The zero-order valence-corrected chi connectivity index (χ0v) is 11.9. The van der Waals surface area contributed by atoms with Crippen molar-refractivity contribution in [3.05, 3.63) is 29.3 Å². The van der Waals surface area contributed by atoms with Gasteiger partial charge >= 0.3 is 0 Å². The standard InChI is InChI=1S/C16H24N2O/c1-11-6-5-7-12(2)15(11)18-16(19)14-9-4-3-8-13(14)10-17/h5-7,13-14H,3-4,8-10,17H2,1-2H3,(H,18,19). The molecule has 0 saturated heterocycles. The average Bonchev–Trinajstić information content (AvgIpc) is 2.42. The molecule has 1 aromatic rings. The topological polar surface area (TPSA) is 55.1 Å². The molecule has 3 N–H and O–H groups in total.